The van der Waals surface area contributed by atoms with Gasteiger partial charge in [0.15, 0.2) is 0 Å². The summed E-state index contributed by atoms with van der Waals surface area (Å²) in [6.07, 6.45) is -54.9. The smallest absolute Gasteiger partial charge is 0.319 e. The standard InChI is InChI=1S/C11H3F21O4/c1-33-8(24,25)2(12,5(15,16)17)34-9(26,27)3(13,6(18,19)20)35-10(28,29)4(14,7(21,22)23)36-11(30,31)32/h1H3. The van der Waals surface area contributed by atoms with Crippen LogP contribution in [0.3, 0.4) is 0 Å². The summed E-state index contributed by atoms with van der Waals surface area (Å²) >= 11 is 0. The van der Waals surface area contributed by atoms with Gasteiger partial charge in [-0.2, -0.15) is 79.0 Å². The highest BCUT2D eigenvalue weighted by molar-refractivity contribution is 4.97. The van der Waals surface area contributed by atoms with Crippen LogP contribution in [0.5, 0.6) is 0 Å². The Morgan fingerprint density at radius 3 is 0.750 bits per heavy atom. The van der Waals surface area contributed by atoms with Gasteiger partial charge in [0.05, 0.1) is 0 Å². The van der Waals surface area contributed by atoms with E-state index in [4.69, 9.17) is 0 Å². The fourth-order valence-electron chi connectivity index (χ4n) is 1.62. The van der Waals surface area contributed by atoms with Gasteiger partial charge in [-0.05, 0) is 0 Å². The largest absolute Gasteiger partial charge is 0.525 e. The summed E-state index contributed by atoms with van der Waals surface area (Å²) in [6, 6.07) is 0. The van der Waals surface area contributed by atoms with Gasteiger partial charge in [-0.15, -0.1) is 13.2 Å². The van der Waals surface area contributed by atoms with Crippen LogP contribution < -0.4 is 0 Å². The van der Waals surface area contributed by atoms with E-state index < -0.39 is 67.9 Å². The number of ether oxygens (including phenoxy) is 4. The topological polar surface area (TPSA) is 36.9 Å². The van der Waals surface area contributed by atoms with Crippen molar-refractivity contribution in [3.05, 3.63) is 0 Å². The zero-order valence-electron chi connectivity index (χ0n) is 15.6. The lowest BCUT2D eigenvalue weighted by Gasteiger charge is -2.42. The van der Waals surface area contributed by atoms with Crippen molar-refractivity contribution in [2.24, 2.45) is 0 Å². The maximum atomic E-state index is 13.9. The molecule has 0 aromatic heterocycles. The monoisotopic (exact) mass is 598 g/mol. The molecule has 0 aromatic rings. The predicted octanol–water partition coefficient (Wildman–Crippen LogP) is 6.67. The summed E-state index contributed by atoms with van der Waals surface area (Å²) in [7, 11) is -0.687. The third-order valence-corrected chi connectivity index (χ3v) is 3.27. The van der Waals surface area contributed by atoms with E-state index in [9.17, 15) is 92.2 Å². The molecule has 0 bridgehead atoms. The molecular weight excluding hydrogens is 595 g/mol. The van der Waals surface area contributed by atoms with Gasteiger partial charge in [0.25, 0.3) is 0 Å². The summed E-state index contributed by atoms with van der Waals surface area (Å²) in [6.45, 7) is 0. The van der Waals surface area contributed by atoms with Crippen molar-refractivity contribution < 1.29 is 111 Å². The quantitative estimate of drug-likeness (QED) is 0.278. The molecule has 3 unspecified atom stereocenters. The Balaban J connectivity index is 7.08. The fraction of sp³-hybridized carbons (Fsp3) is 1.00. The van der Waals surface area contributed by atoms with E-state index in [1.165, 1.54) is 9.47 Å². The third-order valence-electron chi connectivity index (χ3n) is 3.27. The van der Waals surface area contributed by atoms with Gasteiger partial charge in [-0.1, -0.05) is 0 Å². The molecule has 4 nitrogen and oxygen atoms in total. The van der Waals surface area contributed by atoms with Crippen LogP contribution in [0.1, 0.15) is 0 Å². The van der Waals surface area contributed by atoms with Crippen molar-refractivity contribution in [2.45, 2.75) is 60.8 Å². The minimum Gasteiger partial charge on any atom is -0.319 e. The molecule has 218 valence electrons. The van der Waals surface area contributed by atoms with Crippen molar-refractivity contribution >= 4 is 0 Å². The van der Waals surface area contributed by atoms with Crippen LogP contribution in [-0.4, -0.2) is 67.9 Å². The second kappa shape index (κ2) is 8.99. The molecule has 0 radical (unpaired) electrons. The Hall–Kier alpha value is -1.63. The second-order valence-electron chi connectivity index (χ2n) is 5.79. The summed E-state index contributed by atoms with van der Waals surface area (Å²) in [5.74, 6) is -24.2. The van der Waals surface area contributed by atoms with Crippen molar-refractivity contribution in [1.29, 1.82) is 0 Å². The van der Waals surface area contributed by atoms with E-state index in [0.717, 1.165) is 4.74 Å². The van der Waals surface area contributed by atoms with Crippen LogP contribution in [0.25, 0.3) is 0 Å². The van der Waals surface area contributed by atoms with Gasteiger partial charge in [0.1, 0.15) is 0 Å². The Morgan fingerprint density at radius 1 is 0.333 bits per heavy atom. The fourth-order valence-corrected chi connectivity index (χ4v) is 1.62. The van der Waals surface area contributed by atoms with Gasteiger partial charge in [-0.3, -0.25) is 9.47 Å². The Labute approximate surface area is 180 Å². The van der Waals surface area contributed by atoms with Crippen molar-refractivity contribution in [2.75, 3.05) is 7.11 Å². The average molecular weight is 598 g/mol. The molecule has 0 spiro atoms. The number of halogens is 21. The lowest BCUT2D eigenvalue weighted by Crippen LogP contribution is -2.70. The van der Waals surface area contributed by atoms with Crippen molar-refractivity contribution in [3.63, 3.8) is 0 Å². The number of methoxy groups -OCH3 is 1. The number of hydrogen-bond donors (Lipinski definition) is 0. The van der Waals surface area contributed by atoms with Crippen LogP contribution in [-0.2, 0) is 18.9 Å². The number of rotatable bonds is 9. The highest BCUT2D eigenvalue weighted by Crippen LogP contribution is 2.58. The summed E-state index contributed by atoms with van der Waals surface area (Å²) < 4.78 is 276. The summed E-state index contributed by atoms with van der Waals surface area (Å²) in [5, 5.41) is 0. The van der Waals surface area contributed by atoms with Gasteiger partial charge in [-0.25, -0.2) is 4.74 Å². The predicted molar refractivity (Wildman–Crippen MR) is 60.8 cm³/mol. The first-order chi connectivity index (χ1) is 15.2. The Morgan fingerprint density at radius 2 is 0.556 bits per heavy atom. The molecule has 0 aliphatic heterocycles. The number of hydrogen-bond acceptors (Lipinski definition) is 4. The van der Waals surface area contributed by atoms with Gasteiger partial charge in [0.2, 0.25) is 0 Å². The molecule has 0 aliphatic rings. The summed E-state index contributed by atoms with van der Waals surface area (Å²) in [4.78, 5) is 0. The maximum Gasteiger partial charge on any atom is 0.525 e. The first-order valence-corrected chi connectivity index (χ1v) is 7.31. The van der Waals surface area contributed by atoms with E-state index in [1.807, 2.05) is 0 Å². The second-order valence-corrected chi connectivity index (χ2v) is 5.79. The van der Waals surface area contributed by atoms with Crippen molar-refractivity contribution in [1.82, 2.24) is 0 Å². The minimum absolute atomic E-state index is 0.687. The van der Waals surface area contributed by atoms with Gasteiger partial charge in [0, 0.05) is 7.11 Å². The maximum absolute atomic E-state index is 13.9. The van der Waals surface area contributed by atoms with Crippen LogP contribution in [0.4, 0.5) is 92.2 Å². The van der Waals surface area contributed by atoms with Crippen LogP contribution >= 0.6 is 0 Å². The first-order valence-electron chi connectivity index (χ1n) is 7.31. The molecule has 25 heteroatoms. The highest BCUT2D eigenvalue weighted by atomic mass is 19.4. The molecule has 0 rings (SSSR count). The van der Waals surface area contributed by atoms with E-state index in [1.54, 1.807) is 0 Å². The molecule has 0 saturated carbocycles. The molecule has 0 fully saturated rings. The number of alkyl halides is 21. The molecule has 0 heterocycles. The zero-order valence-corrected chi connectivity index (χ0v) is 15.6. The summed E-state index contributed by atoms with van der Waals surface area (Å²) in [5.41, 5.74) is 0. The van der Waals surface area contributed by atoms with E-state index in [2.05, 4.69) is 4.74 Å². The third kappa shape index (κ3) is 5.92. The molecule has 0 aromatic carbocycles. The van der Waals surface area contributed by atoms with Crippen LogP contribution in [0.15, 0.2) is 0 Å². The Bertz CT molecular complexity index is 766. The van der Waals surface area contributed by atoms with E-state index in [-0.39, 0.29) is 0 Å². The van der Waals surface area contributed by atoms with Gasteiger partial charge < -0.3 is 4.74 Å². The highest BCUT2D eigenvalue weighted by Gasteiger charge is 2.87. The van der Waals surface area contributed by atoms with Crippen LogP contribution in [0.2, 0.25) is 0 Å². The Kier molecular flexibility index (Phi) is 8.58. The molecule has 0 saturated heterocycles. The molecule has 0 amide bonds. The lowest BCUT2D eigenvalue weighted by molar-refractivity contribution is -0.586. The normalized spacial score (nSPS) is 20.5. The molecule has 36 heavy (non-hydrogen) atoms. The van der Waals surface area contributed by atoms with E-state index in [0.29, 0.717) is 0 Å². The zero-order chi connectivity index (χ0) is 29.8. The lowest BCUT2D eigenvalue weighted by atomic mass is 10.2. The minimum atomic E-state index is -8.46. The molecule has 0 aliphatic carbocycles. The van der Waals surface area contributed by atoms with Gasteiger partial charge >= 0.3 is 60.8 Å². The first kappa shape index (κ1) is 34.4. The SMILES string of the molecule is COC(F)(F)C(F)(OC(F)(F)C(F)(OC(F)(F)C(F)(OC(F)(F)F)C(F)(F)F)C(F)(F)F)C(F)(F)F. The molecule has 0 N–H and O–H groups in total. The van der Waals surface area contributed by atoms with E-state index >= 15 is 0 Å². The molecular formula is C11H3F21O4. The van der Waals surface area contributed by atoms with Crippen molar-refractivity contribution in [3.8, 4) is 0 Å². The molecule has 3 atom stereocenters. The van der Waals surface area contributed by atoms with Crippen LogP contribution in [0, 0.1) is 0 Å². The average Bonchev–Trinajstić information content (AvgIpc) is 2.55.